The number of benzene rings is 2. The molecule has 0 aliphatic carbocycles. The minimum absolute atomic E-state index is 0.0294. The molecule has 0 atom stereocenters. The van der Waals surface area contributed by atoms with Crippen LogP contribution in [0.1, 0.15) is 27.2 Å². The first kappa shape index (κ1) is 21.7. The van der Waals surface area contributed by atoms with Crippen molar-refractivity contribution in [3.8, 4) is 0 Å². The molecule has 156 valence electrons. The van der Waals surface area contributed by atoms with Gasteiger partial charge in [-0.05, 0) is 41.0 Å². The number of carbonyl (C=O) groups excluding carboxylic acids is 1. The van der Waals surface area contributed by atoms with Gasteiger partial charge >= 0.3 is 0 Å². The highest BCUT2D eigenvalue weighted by Gasteiger charge is 2.18. The zero-order valence-corrected chi connectivity index (χ0v) is 17.8. The van der Waals surface area contributed by atoms with E-state index in [1.54, 1.807) is 43.3 Å². The maximum atomic E-state index is 13.1. The zero-order valence-electron chi connectivity index (χ0n) is 16.3. The van der Waals surface area contributed by atoms with Gasteiger partial charge in [0.25, 0.3) is 5.91 Å². The number of primary amides is 1. The number of nitrogens with zero attached hydrogens (tertiary/aromatic N) is 5. The fourth-order valence-electron chi connectivity index (χ4n) is 2.77. The number of hydrogen-bond donors (Lipinski definition) is 1. The molecule has 2 aromatic carbocycles. The molecule has 30 heavy (non-hydrogen) atoms. The van der Waals surface area contributed by atoms with Gasteiger partial charge < -0.3 is 10.6 Å². The van der Waals surface area contributed by atoms with E-state index in [2.05, 4.69) is 15.3 Å². The lowest BCUT2D eigenvalue weighted by Crippen LogP contribution is -2.13. The van der Waals surface area contributed by atoms with Crippen LogP contribution in [-0.2, 0) is 13.0 Å². The lowest BCUT2D eigenvalue weighted by molar-refractivity contribution is 0.0996. The minimum atomic E-state index is -0.724. The summed E-state index contributed by atoms with van der Waals surface area (Å²) in [6.07, 6.45) is 1.99. The largest absolute Gasteiger partial charge is 0.369 e. The van der Waals surface area contributed by atoms with Crippen LogP contribution in [0.5, 0.6) is 0 Å². The third-order valence-electron chi connectivity index (χ3n) is 4.18. The number of rotatable bonds is 7. The number of aliphatic imine (C=N–C) groups is 1. The summed E-state index contributed by atoms with van der Waals surface area (Å²) in [7, 11) is 3.59. The Balaban J connectivity index is 1.89. The molecule has 0 spiro atoms. The molecular formula is C20H19Cl2FN6O. The van der Waals surface area contributed by atoms with Gasteiger partial charge in [0, 0.05) is 30.6 Å². The van der Waals surface area contributed by atoms with Crippen molar-refractivity contribution in [1.29, 1.82) is 0 Å². The van der Waals surface area contributed by atoms with Gasteiger partial charge in [0.1, 0.15) is 5.82 Å². The fourth-order valence-corrected chi connectivity index (χ4v) is 3.43. The van der Waals surface area contributed by atoms with Crippen LogP contribution in [0.3, 0.4) is 0 Å². The molecule has 0 aliphatic rings. The second kappa shape index (κ2) is 9.23. The van der Waals surface area contributed by atoms with Gasteiger partial charge in [-0.25, -0.2) is 14.1 Å². The van der Waals surface area contributed by atoms with E-state index >= 15 is 0 Å². The van der Waals surface area contributed by atoms with Crippen LogP contribution in [0.25, 0.3) is 0 Å². The Bertz CT molecular complexity index is 1070. The third kappa shape index (κ3) is 5.14. The standard InChI is InChI=1S/C20H19Cl2FN6O/c1-28(2)11-25-20-18(19(24)30)26-27-29(20)10-13-8-16(21)15(17(22)9-13)7-12-3-5-14(23)6-4-12/h3-6,8-9,11H,7,10H2,1-2H3,(H2,24,30). The van der Waals surface area contributed by atoms with E-state index in [1.807, 2.05) is 0 Å². The van der Waals surface area contributed by atoms with Crippen LogP contribution in [0.15, 0.2) is 41.4 Å². The van der Waals surface area contributed by atoms with Crippen molar-refractivity contribution in [2.45, 2.75) is 13.0 Å². The van der Waals surface area contributed by atoms with Gasteiger partial charge in [-0.2, -0.15) is 0 Å². The fraction of sp³-hybridized carbons (Fsp3) is 0.200. The predicted molar refractivity (Wildman–Crippen MR) is 115 cm³/mol. The first-order chi connectivity index (χ1) is 14.2. The van der Waals surface area contributed by atoms with Crippen LogP contribution >= 0.6 is 23.2 Å². The maximum Gasteiger partial charge on any atom is 0.273 e. The topological polar surface area (TPSA) is 89.4 Å². The summed E-state index contributed by atoms with van der Waals surface area (Å²) >= 11 is 12.9. The summed E-state index contributed by atoms with van der Waals surface area (Å²) in [5, 5.41) is 8.74. The van der Waals surface area contributed by atoms with Gasteiger partial charge in [-0.3, -0.25) is 4.79 Å². The van der Waals surface area contributed by atoms with E-state index in [1.165, 1.54) is 23.2 Å². The van der Waals surface area contributed by atoms with Crippen molar-refractivity contribution in [3.63, 3.8) is 0 Å². The molecule has 1 amide bonds. The van der Waals surface area contributed by atoms with Crippen LogP contribution < -0.4 is 5.73 Å². The molecule has 0 saturated carbocycles. The molecule has 10 heteroatoms. The Kier molecular flexibility index (Phi) is 6.69. The zero-order chi connectivity index (χ0) is 21.8. The Morgan fingerprint density at radius 2 is 1.83 bits per heavy atom. The molecule has 7 nitrogen and oxygen atoms in total. The van der Waals surface area contributed by atoms with E-state index < -0.39 is 5.91 Å². The molecular weight excluding hydrogens is 430 g/mol. The lowest BCUT2D eigenvalue weighted by Gasteiger charge is -2.11. The lowest BCUT2D eigenvalue weighted by atomic mass is 10.0. The average molecular weight is 449 g/mol. The average Bonchev–Trinajstić information content (AvgIpc) is 3.07. The predicted octanol–water partition coefficient (Wildman–Crippen LogP) is 3.68. The van der Waals surface area contributed by atoms with E-state index in [9.17, 15) is 9.18 Å². The van der Waals surface area contributed by atoms with Crippen LogP contribution in [0, 0.1) is 5.82 Å². The normalized spacial score (nSPS) is 11.2. The molecule has 3 rings (SSSR count). The molecule has 0 aliphatic heterocycles. The van der Waals surface area contributed by atoms with Crippen molar-refractivity contribution in [2.24, 2.45) is 10.7 Å². The van der Waals surface area contributed by atoms with Crippen LogP contribution in [-0.4, -0.2) is 46.2 Å². The quantitative estimate of drug-likeness (QED) is 0.440. The highest BCUT2D eigenvalue weighted by atomic mass is 35.5. The second-order valence-corrected chi connectivity index (χ2v) is 7.65. The molecule has 3 aromatic rings. The summed E-state index contributed by atoms with van der Waals surface area (Å²) in [6.45, 7) is 0.233. The van der Waals surface area contributed by atoms with E-state index in [-0.39, 0.29) is 23.9 Å². The molecule has 2 N–H and O–H groups in total. The number of aromatic nitrogens is 3. The molecule has 0 saturated heterocycles. The van der Waals surface area contributed by atoms with Gasteiger partial charge in [0.2, 0.25) is 0 Å². The number of halogens is 3. The van der Waals surface area contributed by atoms with Crippen molar-refractivity contribution in [3.05, 3.63) is 74.6 Å². The van der Waals surface area contributed by atoms with Crippen molar-refractivity contribution in [2.75, 3.05) is 14.1 Å². The third-order valence-corrected chi connectivity index (χ3v) is 4.86. The van der Waals surface area contributed by atoms with Crippen LogP contribution in [0.2, 0.25) is 10.0 Å². The SMILES string of the molecule is CN(C)C=Nc1c(C(N)=O)nnn1Cc1cc(Cl)c(Cc2ccc(F)cc2)c(Cl)c1. The highest BCUT2D eigenvalue weighted by Crippen LogP contribution is 2.30. The Hall–Kier alpha value is -2.97. The first-order valence-electron chi connectivity index (χ1n) is 8.89. The van der Waals surface area contributed by atoms with Gasteiger partial charge in [0.15, 0.2) is 11.5 Å². The highest BCUT2D eigenvalue weighted by molar-refractivity contribution is 6.36. The molecule has 0 unspecified atom stereocenters. The second-order valence-electron chi connectivity index (χ2n) is 6.83. The van der Waals surface area contributed by atoms with E-state index in [0.29, 0.717) is 16.5 Å². The Labute approximate surface area is 182 Å². The molecule has 1 aromatic heterocycles. The van der Waals surface area contributed by atoms with Crippen molar-refractivity contribution < 1.29 is 9.18 Å². The molecule has 1 heterocycles. The number of amides is 1. The molecule has 0 fully saturated rings. The monoisotopic (exact) mass is 448 g/mol. The molecule has 0 bridgehead atoms. The van der Waals surface area contributed by atoms with Gasteiger partial charge in [-0.1, -0.05) is 40.5 Å². The van der Waals surface area contributed by atoms with Crippen LogP contribution in [0.4, 0.5) is 10.2 Å². The summed E-state index contributed by atoms with van der Waals surface area (Å²) in [5.41, 5.74) is 7.70. The van der Waals surface area contributed by atoms with Crippen molar-refractivity contribution >= 4 is 41.3 Å². The smallest absolute Gasteiger partial charge is 0.273 e. The number of carbonyl (C=O) groups is 1. The minimum Gasteiger partial charge on any atom is -0.369 e. The summed E-state index contributed by atoms with van der Waals surface area (Å²) < 4.78 is 14.6. The summed E-state index contributed by atoms with van der Waals surface area (Å²) in [5.74, 6) is -0.793. The number of nitrogens with two attached hydrogens (primary N) is 1. The maximum absolute atomic E-state index is 13.1. The Morgan fingerprint density at radius 1 is 1.20 bits per heavy atom. The van der Waals surface area contributed by atoms with Gasteiger partial charge in [0.05, 0.1) is 12.9 Å². The summed E-state index contributed by atoms with van der Waals surface area (Å²) in [6, 6.07) is 9.68. The van der Waals surface area contributed by atoms with Gasteiger partial charge in [-0.15, -0.1) is 5.10 Å². The van der Waals surface area contributed by atoms with E-state index in [4.69, 9.17) is 28.9 Å². The Morgan fingerprint density at radius 3 is 2.40 bits per heavy atom. The first-order valence-corrected chi connectivity index (χ1v) is 9.65. The van der Waals surface area contributed by atoms with E-state index in [0.717, 1.165) is 16.7 Å². The molecule has 0 radical (unpaired) electrons. The van der Waals surface area contributed by atoms with Crippen molar-refractivity contribution in [1.82, 2.24) is 19.9 Å². The summed E-state index contributed by atoms with van der Waals surface area (Å²) in [4.78, 5) is 17.6. The number of hydrogen-bond acceptors (Lipinski definition) is 4.